The van der Waals surface area contributed by atoms with Crippen molar-refractivity contribution in [1.29, 1.82) is 0 Å². The Hall–Kier alpha value is 0.0969. The summed E-state index contributed by atoms with van der Waals surface area (Å²) in [6.45, 7) is 8.77. The third-order valence-electron chi connectivity index (χ3n) is 3.09. The fourth-order valence-electron chi connectivity index (χ4n) is 1.80. The molecule has 0 saturated carbocycles. The van der Waals surface area contributed by atoms with Crippen molar-refractivity contribution in [2.24, 2.45) is 0 Å². The molecule has 0 unspecified atom stereocenters. The summed E-state index contributed by atoms with van der Waals surface area (Å²) in [6, 6.07) is 2.06. The SMILES string of the molecule is CCCCCCO[Si](CC)(CC)OCCOC. The van der Waals surface area contributed by atoms with Crippen molar-refractivity contribution in [3.8, 4) is 0 Å². The second-order valence-electron chi connectivity index (χ2n) is 4.37. The van der Waals surface area contributed by atoms with Crippen molar-refractivity contribution in [2.75, 3.05) is 26.9 Å². The lowest BCUT2D eigenvalue weighted by Gasteiger charge is -2.28. The van der Waals surface area contributed by atoms with Crippen LogP contribution in [0.5, 0.6) is 0 Å². The molecule has 0 aliphatic rings. The van der Waals surface area contributed by atoms with Gasteiger partial charge in [0.25, 0.3) is 0 Å². The number of unbranched alkanes of at least 4 members (excludes halogenated alkanes) is 3. The van der Waals surface area contributed by atoms with Gasteiger partial charge in [0.2, 0.25) is 0 Å². The van der Waals surface area contributed by atoms with E-state index >= 15 is 0 Å². The van der Waals surface area contributed by atoms with Gasteiger partial charge in [-0.2, -0.15) is 0 Å². The molecule has 0 heterocycles. The Labute approximate surface area is 108 Å². The van der Waals surface area contributed by atoms with Crippen molar-refractivity contribution in [3.05, 3.63) is 0 Å². The Morgan fingerprint density at radius 1 is 0.765 bits per heavy atom. The molecular formula is C13H30O3Si. The van der Waals surface area contributed by atoms with Gasteiger partial charge in [-0.05, 0) is 18.5 Å². The van der Waals surface area contributed by atoms with Crippen LogP contribution in [0.15, 0.2) is 0 Å². The maximum atomic E-state index is 6.08. The molecule has 0 radical (unpaired) electrons. The highest BCUT2D eigenvalue weighted by molar-refractivity contribution is 6.67. The molecule has 0 saturated heterocycles. The van der Waals surface area contributed by atoms with Gasteiger partial charge < -0.3 is 13.6 Å². The van der Waals surface area contributed by atoms with E-state index in [0.29, 0.717) is 13.2 Å². The number of hydrogen-bond acceptors (Lipinski definition) is 3. The topological polar surface area (TPSA) is 27.7 Å². The average molecular weight is 262 g/mol. The first kappa shape index (κ1) is 17.1. The molecule has 0 aromatic rings. The zero-order chi connectivity index (χ0) is 13.0. The minimum atomic E-state index is -1.92. The largest absolute Gasteiger partial charge is 0.394 e. The van der Waals surface area contributed by atoms with Crippen LogP contribution in [-0.4, -0.2) is 35.5 Å². The van der Waals surface area contributed by atoms with Crippen LogP contribution in [0.4, 0.5) is 0 Å². The Morgan fingerprint density at radius 2 is 1.41 bits per heavy atom. The van der Waals surface area contributed by atoms with Crippen LogP contribution < -0.4 is 0 Å². The second-order valence-corrected chi connectivity index (χ2v) is 8.18. The molecule has 0 N–H and O–H groups in total. The molecule has 0 bridgehead atoms. The van der Waals surface area contributed by atoms with Gasteiger partial charge in [0.05, 0.1) is 13.2 Å². The van der Waals surface area contributed by atoms with Gasteiger partial charge in [-0.25, -0.2) is 0 Å². The van der Waals surface area contributed by atoms with E-state index in [1.165, 1.54) is 19.3 Å². The van der Waals surface area contributed by atoms with Gasteiger partial charge in [-0.3, -0.25) is 0 Å². The zero-order valence-electron chi connectivity index (χ0n) is 12.1. The molecule has 104 valence electrons. The molecule has 0 amide bonds. The van der Waals surface area contributed by atoms with E-state index in [9.17, 15) is 0 Å². The maximum absolute atomic E-state index is 6.08. The van der Waals surface area contributed by atoms with E-state index in [0.717, 1.165) is 25.1 Å². The smallest absolute Gasteiger partial charge is 0.337 e. The Morgan fingerprint density at radius 3 is 1.94 bits per heavy atom. The van der Waals surface area contributed by atoms with Crippen LogP contribution in [0.1, 0.15) is 46.5 Å². The molecular weight excluding hydrogens is 232 g/mol. The summed E-state index contributed by atoms with van der Waals surface area (Å²) in [7, 11) is -0.216. The van der Waals surface area contributed by atoms with Crippen LogP contribution in [0.2, 0.25) is 12.1 Å². The van der Waals surface area contributed by atoms with Gasteiger partial charge in [0.15, 0.2) is 0 Å². The lowest BCUT2D eigenvalue weighted by molar-refractivity contribution is 0.107. The monoisotopic (exact) mass is 262 g/mol. The van der Waals surface area contributed by atoms with Crippen LogP contribution in [0.25, 0.3) is 0 Å². The molecule has 0 rings (SSSR count). The summed E-state index contributed by atoms with van der Waals surface area (Å²) in [6.07, 6.45) is 5.01. The van der Waals surface area contributed by atoms with Gasteiger partial charge in [0, 0.05) is 13.7 Å². The lowest BCUT2D eigenvalue weighted by atomic mass is 10.2. The minimum absolute atomic E-state index is 0.661. The molecule has 0 atom stereocenters. The Kier molecular flexibility index (Phi) is 11.3. The van der Waals surface area contributed by atoms with Gasteiger partial charge >= 0.3 is 8.56 Å². The van der Waals surface area contributed by atoms with E-state index in [1.807, 2.05) is 0 Å². The summed E-state index contributed by atoms with van der Waals surface area (Å²) in [5.41, 5.74) is 0. The molecule has 0 aliphatic heterocycles. The molecule has 0 aromatic heterocycles. The van der Waals surface area contributed by atoms with Crippen molar-refractivity contribution in [2.45, 2.75) is 58.5 Å². The van der Waals surface area contributed by atoms with E-state index in [-0.39, 0.29) is 0 Å². The van der Waals surface area contributed by atoms with Gasteiger partial charge in [0.1, 0.15) is 0 Å². The Balaban J connectivity index is 3.85. The Bertz CT molecular complexity index is 161. The first-order chi connectivity index (χ1) is 8.24. The van der Waals surface area contributed by atoms with E-state index in [2.05, 4.69) is 20.8 Å². The number of methoxy groups -OCH3 is 1. The average Bonchev–Trinajstić information content (AvgIpc) is 2.37. The molecule has 0 aliphatic carbocycles. The standard InChI is InChI=1S/C13H30O3Si/c1-5-8-9-10-11-15-17(6-2,7-3)16-13-12-14-4/h5-13H2,1-4H3. The summed E-state index contributed by atoms with van der Waals surface area (Å²) in [5, 5.41) is 0. The zero-order valence-corrected chi connectivity index (χ0v) is 13.1. The summed E-state index contributed by atoms with van der Waals surface area (Å²) in [5.74, 6) is 0. The number of ether oxygens (including phenoxy) is 1. The molecule has 0 spiro atoms. The molecule has 4 heteroatoms. The lowest BCUT2D eigenvalue weighted by Crippen LogP contribution is -2.41. The van der Waals surface area contributed by atoms with Gasteiger partial charge in [-0.1, -0.05) is 40.0 Å². The minimum Gasteiger partial charge on any atom is -0.394 e. The van der Waals surface area contributed by atoms with E-state index < -0.39 is 8.56 Å². The molecule has 3 nitrogen and oxygen atoms in total. The van der Waals surface area contributed by atoms with Crippen molar-refractivity contribution >= 4 is 8.56 Å². The predicted molar refractivity (Wildman–Crippen MR) is 74.6 cm³/mol. The van der Waals surface area contributed by atoms with Crippen molar-refractivity contribution in [1.82, 2.24) is 0 Å². The van der Waals surface area contributed by atoms with Crippen LogP contribution in [0, 0.1) is 0 Å². The third-order valence-corrected chi connectivity index (χ3v) is 6.71. The molecule has 0 fully saturated rings. The number of rotatable bonds is 12. The normalized spacial score (nSPS) is 12.0. The summed E-state index contributed by atoms with van der Waals surface area (Å²) < 4.78 is 17.1. The first-order valence-corrected chi connectivity index (χ1v) is 9.24. The number of hydrogen-bond donors (Lipinski definition) is 0. The van der Waals surface area contributed by atoms with Crippen molar-refractivity contribution in [3.63, 3.8) is 0 Å². The maximum Gasteiger partial charge on any atom is 0.337 e. The highest BCUT2D eigenvalue weighted by Crippen LogP contribution is 2.19. The summed E-state index contributed by atoms with van der Waals surface area (Å²) >= 11 is 0. The third kappa shape index (κ3) is 7.92. The summed E-state index contributed by atoms with van der Waals surface area (Å²) in [4.78, 5) is 0. The molecule has 17 heavy (non-hydrogen) atoms. The first-order valence-electron chi connectivity index (χ1n) is 7.01. The highest BCUT2D eigenvalue weighted by Gasteiger charge is 2.33. The highest BCUT2D eigenvalue weighted by atomic mass is 28.4. The van der Waals surface area contributed by atoms with Crippen LogP contribution >= 0.6 is 0 Å². The second kappa shape index (κ2) is 11.2. The van der Waals surface area contributed by atoms with E-state index in [1.54, 1.807) is 7.11 Å². The van der Waals surface area contributed by atoms with E-state index in [4.69, 9.17) is 13.6 Å². The molecule has 0 aromatic carbocycles. The fraction of sp³-hybridized carbons (Fsp3) is 1.00. The van der Waals surface area contributed by atoms with Crippen LogP contribution in [-0.2, 0) is 13.6 Å². The predicted octanol–water partition coefficient (Wildman–Crippen LogP) is 3.73. The quantitative estimate of drug-likeness (QED) is 0.396. The van der Waals surface area contributed by atoms with Gasteiger partial charge in [-0.15, -0.1) is 0 Å². The fourth-order valence-corrected chi connectivity index (χ4v) is 4.17. The van der Waals surface area contributed by atoms with Crippen LogP contribution in [0.3, 0.4) is 0 Å². The van der Waals surface area contributed by atoms with Crippen molar-refractivity contribution < 1.29 is 13.6 Å².